The first-order valence-electron chi connectivity index (χ1n) is 7.01. The van der Waals surface area contributed by atoms with E-state index in [1.807, 2.05) is 0 Å². The van der Waals surface area contributed by atoms with Crippen LogP contribution in [-0.2, 0) is 14.9 Å². The van der Waals surface area contributed by atoms with Gasteiger partial charge in [0.05, 0.1) is 12.7 Å². The zero-order valence-electron chi connectivity index (χ0n) is 11.5. The van der Waals surface area contributed by atoms with Gasteiger partial charge in [-0.2, -0.15) is 17.0 Å². The van der Waals surface area contributed by atoms with Crippen LogP contribution in [0.1, 0.15) is 32.1 Å². The van der Waals surface area contributed by atoms with Gasteiger partial charge in [0, 0.05) is 32.8 Å². The molecule has 0 aromatic carbocycles. The number of nitrogens with zero attached hydrogens (tertiary/aromatic N) is 2. The Morgan fingerprint density at radius 2 is 2.11 bits per heavy atom. The lowest BCUT2D eigenvalue weighted by Gasteiger charge is -2.36. The summed E-state index contributed by atoms with van der Waals surface area (Å²) in [6.07, 6.45) is 4.52. The fourth-order valence-electron chi connectivity index (χ4n) is 2.81. The zero-order chi connectivity index (χ0) is 13.9. The fourth-order valence-corrected chi connectivity index (χ4v) is 4.43. The summed E-state index contributed by atoms with van der Waals surface area (Å²) < 4.78 is 33.4. The van der Waals surface area contributed by atoms with Gasteiger partial charge >= 0.3 is 0 Å². The molecule has 0 aromatic heterocycles. The second kappa shape index (κ2) is 6.49. The normalized spacial score (nSPS) is 30.1. The van der Waals surface area contributed by atoms with Crippen molar-refractivity contribution < 1.29 is 18.3 Å². The third kappa shape index (κ3) is 3.46. The number of aliphatic hydroxyl groups is 1. The van der Waals surface area contributed by atoms with E-state index < -0.39 is 10.2 Å². The van der Waals surface area contributed by atoms with E-state index in [-0.39, 0.29) is 18.8 Å². The van der Waals surface area contributed by atoms with Crippen LogP contribution in [0.2, 0.25) is 0 Å². The monoisotopic (exact) mass is 292 g/mol. The lowest BCUT2D eigenvalue weighted by molar-refractivity contribution is 0.0936. The van der Waals surface area contributed by atoms with Gasteiger partial charge in [0.15, 0.2) is 0 Å². The van der Waals surface area contributed by atoms with Crippen molar-refractivity contribution in [2.24, 2.45) is 0 Å². The van der Waals surface area contributed by atoms with Crippen LogP contribution in [0.5, 0.6) is 0 Å². The number of hydrogen-bond acceptors (Lipinski definition) is 4. The van der Waals surface area contributed by atoms with E-state index in [1.165, 1.54) is 8.61 Å². The molecular weight excluding hydrogens is 268 g/mol. The van der Waals surface area contributed by atoms with E-state index >= 15 is 0 Å². The summed E-state index contributed by atoms with van der Waals surface area (Å²) in [5.41, 5.74) is 0. The quantitative estimate of drug-likeness (QED) is 0.785. The number of hydrogen-bond donors (Lipinski definition) is 1. The van der Waals surface area contributed by atoms with Crippen LogP contribution in [0.15, 0.2) is 0 Å². The van der Waals surface area contributed by atoms with Gasteiger partial charge in [-0.1, -0.05) is 6.42 Å². The van der Waals surface area contributed by atoms with Gasteiger partial charge in [-0.3, -0.25) is 0 Å². The Morgan fingerprint density at radius 1 is 1.32 bits per heavy atom. The average Bonchev–Trinajstić information content (AvgIpc) is 2.91. The summed E-state index contributed by atoms with van der Waals surface area (Å²) in [6.45, 7) is 1.52. The highest BCUT2D eigenvalue weighted by Crippen LogP contribution is 2.23. The molecule has 6 nitrogen and oxygen atoms in total. The molecule has 0 spiro atoms. The molecule has 0 radical (unpaired) electrons. The summed E-state index contributed by atoms with van der Waals surface area (Å²) >= 11 is 0. The molecule has 2 aliphatic rings. The molecule has 2 aliphatic heterocycles. The van der Waals surface area contributed by atoms with Crippen LogP contribution in [0.25, 0.3) is 0 Å². The van der Waals surface area contributed by atoms with Crippen LogP contribution < -0.4 is 0 Å². The van der Waals surface area contributed by atoms with Gasteiger partial charge in [0.1, 0.15) is 0 Å². The van der Waals surface area contributed by atoms with Crippen LogP contribution >= 0.6 is 0 Å². The number of likely N-dealkylation sites (N-methyl/N-ethyl adjacent to an activating group) is 1. The summed E-state index contributed by atoms with van der Waals surface area (Å²) in [4.78, 5) is 0. The minimum absolute atomic E-state index is 0.0112. The predicted molar refractivity (Wildman–Crippen MR) is 72.0 cm³/mol. The number of aliphatic hydroxyl groups excluding tert-OH is 1. The van der Waals surface area contributed by atoms with Crippen LogP contribution in [0.4, 0.5) is 0 Å². The number of ether oxygens (including phenoxy) is 1. The van der Waals surface area contributed by atoms with E-state index in [0.29, 0.717) is 13.1 Å². The molecule has 2 unspecified atom stereocenters. The Labute approximate surface area is 115 Å². The van der Waals surface area contributed by atoms with Gasteiger partial charge in [-0.25, -0.2) is 0 Å². The van der Waals surface area contributed by atoms with E-state index in [2.05, 4.69) is 0 Å². The zero-order valence-corrected chi connectivity index (χ0v) is 12.3. The molecule has 2 fully saturated rings. The van der Waals surface area contributed by atoms with Crippen molar-refractivity contribution in [3.05, 3.63) is 0 Å². The maximum absolute atomic E-state index is 12.5. The van der Waals surface area contributed by atoms with Crippen LogP contribution in [0.3, 0.4) is 0 Å². The van der Waals surface area contributed by atoms with Crippen LogP contribution in [0, 0.1) is 0 Å². The highest BCUT2D eigenvalue weighted by molar-refractivity contribution is 7.86. The molecule has 0 aromatic rings. The van der Waals surface area contributed by atoms with Crippen molar-refractivity contribution in [2.45, 2.75) is 44.2 Å². The van der Waals surface area contributed by atoms with Gasteiger partial charge in [0.2, 0.25) is 0 Å². The van der Waals surface area contributed by atoms with Crippen molar-refractivity contribution in [3.8, 4) is 0 Å². The van der Waals surface area contributed by atoms with E-state index in [9.17, 15) is 13.5 Å². The topological polar surface area (TPSA) is 70.1 Å². The average molecular weight is 292 g/mol. The largest absolute Gasteiger partial charge is 0.395 e. The first-order chi connectivity index (χ1) is 9.05. The molecule has 0 amide bonds. The Hall–Kier alpha value is -0.210. The molecule has 0 saturated carbocycles. The van der Waals surface area contributed by atoms with E-state index in [0.717, 1.165) is 38.7 Å². The van der Waals surface area contributed by atoms with Gasteiger partial charge in [0.25, 0.3) is 10.2 Å². The Kier molecular flexibility index (Phi) is 5.19. The molecule has 0 bridgehead atoms. The van der Waals surface area contributed by atoms with Crippen molar-refractivity contribution >= 4 is 10.2 Å². The lowest BCUT2D eigenvalue weighted by atomic mass is 10.1. The second-order valence-electron chi connectivity index (χ2n) is 5.37. The molecule has 0 aliphatic carbocycles. The van der Waals surface area contributed by atoms with Crippen molar-refractivity contribution in [3.63, 3.8) is 0 Å². The molecule has 19 heavy (non-hydrogen) atoms. The Balaban J connectivity index is 2.02. The molecule has 2 atom stereocenters. The fraction of sp³-hybridized carbons (Fsp3) is 1.00. The molecule has 1 N–H and O–H groups in total. The minimum Gasteiger partial charge on any atom is -0.395 e. The van der Waals surface area contributed by atoms with Crippen molar-refractivity contribution in [1.82, 2.24) is 8.61 Å². The minimum atomic E-state index is -3.48. The van der Waals surface area contributed by atoms with Crippen molar-refractivity contribution in [2.75, 3.05) is 33.4 Å². The van der Waals surface area contributed by atoms with E-state index in [1.54, 1.807) is 7.05 Å². The molecule has 112 valence electrons. The maximum atomic E-state index is 12.5. The Morgan fingerprint density at radius 3 is 2.74 bits per heavy atom. The first-order valence-corrected chi connectivity index (χ1v) is 8.41. The SMILES string of the molecule is CN(CC1CCCO1)S(=O)(=O)N1CCCCC1CO. The van der Waals surface area contributed by atoms with Gasteiger partial charge in [-0.15, -0.1) is 0 Å². The highest BCUT2D eigenvalue weighted by atomic mass is 32.2. The first kappa shape index (κ1) is 15.2. The standard InChI is InChI=1S/C12H24N2O4S/c1-13(9-12-6-4-8-18-12)19(16,17)14-7-3-2-5-11(14)10-15/h11-12,15H,2-10H2,1H3. The number of piperidine rings is 1. The molecule has 2 saturated heterocycles. The molecule has 7 heteroatoms. The summed E-state index contributed by atoms with van der Waals surface area (Å²) in [5.74, 6) is 0. The molecule has 2 heterocycles. The lowest BCUT2D eigenvalue weighted by Crippen LogP contribution is -2.52. The Bertz CT molecular complexity index is 381. The highest BCUT2D eigenvalue weighted by Gasteiger charge is 2.35. The third-order valence-electron chi connectivity index (χ3n) is 3.96. The van der Waals surface area contributed by atoms with Crippen molar-refractivity contribution in [1.29, 1.82) is 0 Å². The van der Waals surface area contributed by atoms with Gasteiger partial charge < -0.3 is 9.84 Å². The van der Waals surface area contributed by atoms with E-state index in [4.69, 9.17) is 4.74 Å². The second-order valence-corrected chi connectivity index (χ2v) is 7.35. The summed E-state index contributed by atoms with van der Waals surface area (Å²) in [7, 11) is -1.89. The van der Waals surface area contributed by atoms with Gasteiger partial charge in [-0.05, 0) is 25.7 Å². The molecular formula is C12H24N2O4S. The van der Waals surface area contributed by atoms with Crippen LogP contribution in [-0.4, -0.2) is 67.6 Å². The maximum Gasteiger partial charge on any atom is 0.282 e. The third-order valence-corrected chi connectivity index (χ3v) is 5.97. The summed E-state index contributed by atoms with van der Waals surface area (Å²) in [6, 6.07) is -0.273. The summed E-state index contributed by atoms with van der Waals surface area (Å²) in [5, 5.41) is 9.34. The smallest absolute Gasteiger partial charge is 0.282 e. The number of rotatable bonds is 5. The predicted octanol–water partition coefficient (Wildman–Crippen LogP) is 0.189. The molecule has 2 rings (SSSR count).